The second-order valence-electron chi connectivity index (χ2n) is 4.07. The Morgan fingerprint density at radius 2 is 1.88 bits per heavy atom. The predicted octanol–water partition coefficient (Wildman–Crippen LogP) is 0.588. The molecule has 2 aliphatic rings. The third-order valence-corrected chi connectivity index (χ3v) is 2.94. The number of hydrogen-bond acceptors (Lipinski definition) is 4. The average molecular weight is 233 g/mol. The highest BCUT2D eigenvalue weighted by molar-refractivity contribution is 6.06. The Bertz CT molecular complexity index is 497. The van der Waals surface area contributed by atoms with E-state index < -0.39 is 5.92 Å². The van der Waals surface area contributed by atoms with E-state index >= 15 is 0 Å². The standard InChI is InChI=1S/C12H11NO4/c14-11-6-8(12(15)13-11)7-1-2-9-10(5-7)17-4-3-16-9/h1-2,5,8H,3-4,6H2,(H,13,14,15). The van der Waals surface area contributed by atoms with Crippen molar-refractivity contribution in [1.82, 2.24) is 5.32 Å². The Labute approximate surface area is 97.7 Å². The monoisotopic (exact) mass is 233 g/mol. The summed E-state index contributed by atoms with van der Waals surface area (Å²) in [7, 11) is 0. The van der Waals surface area contributed by atoms with Crippen molar-refractivity contribution in [3.8, 4) is 11.5 Å². The van der Waals surface area contributed by atoms with E-state index in [0.29, 0.717) is 24.7 Å². The molecule has 2 heterocycles. The molecule has 1 aromatic rings. The minimum absolute atomic E-state index is 0.207. The van der Waals surface area contributed by atoms with Crippen LogP contribution >= 0.6 is 0 Å². The van der Waals surface area contributed by atoms with E-state index in [1.807, 2.05) is 0 Å². The number of amides is 2. The molecular formula is C12H11NO4. The van der Waals surface area contributed by atoms with Gasteiger partial charge in [-0.3, -0.25) is 14.9 Å². The molecule has 5 nitrogen and oxygen atoms in total. The van der Waals surface area contributed by atoms with Crippen molar-refractivity contribution in [2.45, 2.75) is 12.3 Å². The molecule has 1 aromatic carbocycles. The van der Waals surface area contributed by atoms with Crippen LogP contribution in [0.5, 0.6) is 11.5 Å². The molecule has 1 saturated heterocycles. The number of hydrogen-bond donors (Lipinski definition) is 1. The quantitative estimate of drug-likeness (QED) is 0.721. The molecule has 0 bridgehead atoms. The van der Waals surface area contributed by atoms with E-state index in [-0.39, 0.29) is 18.2 Å². The molecule has 0 aromatic heterocycles. The van der Waals surface area contributed by atoms with Crippen molar-refractivity contribution < 1.29 is 19.1 Å². The number of rotatable bonds is 1. The number of imide groups is 1. The van der Waals surface area contributed by atoms with Crippen molar-refractivity contribution in [3.63, 3.8) is 0 Å². The van der Waals surface area contributed by atoms with Crippen LogP contribution in [-0.4, -0.2) is 25.0 Å². The fourth-order valence-corrected chi connectivity index (χ4v) is 2.10. The van der Waals surface area contributed by atoms with Gasteiger partial charge in [-0.25, -0.2) is 0 Å². The summed E-state index contributed by atoms with van der Waals surface area (Å²) in [5.41, 5.74) is 0.789. The summed E-state index contributed by atoms with van der Waals surface area (Å²) in [5.74, 6) is 0.450. The number of nitrogens with one attached hydrogen (secondary N) is 1. The first-order chi connectivity index (χ1) is 8.24. The van der Waals surface area contributed by atoms with Crippen LogP contribution in [0.15, 0.2) is 18.2 Å². The Morgan fingerprint density at radius 1 is 1.12 bits per heavy atom. The Balaban J connectivity index is 1.93. The van der Waals surface area contributed by atoms with Gasteiger partial charge in [-0.15, -0.1) is 0 Å². The van der Waals surface area contributed by atoms with Crippen molar-refractivity contribution in [2.24, 2.45) is 0 Å². The van der Waals surface area contributed by atoms with Gasteiger partial charge in [0.1, 0.15) is 13.2 Å². The summed E-state index contributed by atoms with van der Waals surface area (Å²) in [5, 5.41) is 2.30. The van der Waals surface area contributed by atoms with Gasteiger partial charge in [0.2, 0.25) is 11.8 Å². The summed E-state index contributed by atoms with van der Waals surface area (Å²) in [4.78, 5) is 22.7. The molecule has 3 rings (SSSR count). The number of benzene rings is 1. The Morgan fingerprint density at radius 3 is 2.59 bits per heavy atom. The molecule has 0 spiro atoms. The SMILES string of the molecule is O=C1CC(c2ccc3c(c2)OCCO3)C(=O)N1. The van der Waals surface area contributed by atoms with Gasteiger partial charge in [0, 0.05) is 6.42 Å². The molecule has 5 heteroatoms. The molecule has 1 N–H and O–H groups in total. The number of ether oxygens (including phenoxy) is 2. The summed E-state index contributed by atoms with van der Waals surface area (Å²) in [6.45, 7) is 1.04. The molecule has 0 aliphatic carbocycles. The van der Waals surface area contributed by atoms with E-state index in [0.717, 1.165) is 5.56 Å². The smallest absolute Gasteiger partial charge is 0.234 e. The van der Waals surface area contributed by atoms with Crippen molar-refractivity contribution in [1.29, 1.82) is 0 Å². The van der Waals surface area contributed by atoms with Gasteiger partial charge in [-0.1, -0.05) is 6.07 Å². The lowest BCUT2D eigenvalue weighted by Gasteiger charge is -2.19. The Kier molecular flexibility index (Phi) is 2.24. The van der Waals surface area contributed by atoms with Crippen LogP contribution in [0.4, 0.5) is 0 Å². The average Bonchev–Trinajstić information content (AvgIpc) is 2.68. The predicted molar refractivity (Wildman–Crippen MR) is 57.9 cm³/mol. The minimum Gasteiger partial charge on any atom is -0.486 e. The van der Waals surface area contributed by atoms with Crippen molar-refractivity contribution >= 4 is 11.8 Å². The number of carbonyl (C=O) groups excluding carboxylic acids is 2. The molecule has 88 valence electrons. The fourth-order valence-electron chi connectivity index (χ4n) is 2.10. The van der Waals surface area contributed by atoms with Crippen LogP contribution < -0.4 is 14.8 Å². The first-order valence-electron chi connectivity index (χ1n) is 5.47. The molecule has 2 aliphatic heterocycles. The fraction of sp³-hybridized carbons (Fsp3) is 0.333. The van der Waals surface area contributed by atoms with E-state index in [9.17, 15) is 9.59 Å². The zero-order chi connectivity index (χ0) is 11.8. The van der Waals surface area contributed by atoms with Crippen LogP contribution in [0, 0.1) is 0 Å². The van der Waals surface area contributed by atoms with E-state index in [4.69, 9.17) is 9.47 Å². The van der Waals surface area contributed by atoms with Crippen LogP contribution in [0.2, 0.25) is 0 Å². The van der Waals surface area contributed by atoms with E-state index in [1.165, 1.54) is 0 Å². The van der Waals surface area contributed by atoms with Gasteiger partial charge in [-0.2, -0.15) is 0 Å². The summed E-state index contributed by atoms with van der Waals surface area (Å²) >= 11 is 0. The van der Waals surface area contributed by atoms with Crippen molar-refractivity contribution in [2.75, 3.05) is 13.2 Å². The van der Waals surface area contributed by atoms with Crippen LogP contribution in [0.1, 0.15) is 17.9 Å². The van der Waals surface area contributed by atoms with Crippen molar-refractivity contribution in [3.05, 3.63) is 23.8 Å². The topological polar surface area (TPSA) is 64.6 Å². The van der Waals surface area contributed by atoms with Gasteiger partial charge in [0.15, 0.2) is 11.5 Å². The summed E-state index contributed by atoms with van der Waals surface area (Å²) in [6.07, 6.45) is 0.207. The highest BCUT2D eigenvalue weighted by atomic mass is 16.6. The normalized spacial score (nSPS) is 22.5. The van der Waals surface area contributed by atoms with Crippen LogP contribution in [0.25, 0.3) is 0 Å². The van der Waals surface area contributed by atoms with E-state index in [2.05, 4.69) is 5.32 Å². The molecule has 17 heavy (non-hydrogen) atoms. The second kappa shape index (κ2) is 3.76. The van der Waals surface area contributed by atoms with Gasteiger partial charge in [-0.05, 0) is 17.7 Å². The Hall–Kier alpha value is -2.04. The molecule has 1 unspecified atom stereocenters. The first-order valence-corrected chi connectivity index (χ1v) is 5.47. The van der Waals surface area contributed by atoms with Crippen LogP contribution in [0.3, 0.4) is 0 Å². The molecular weight excluding hydrogens is 222 g/mol. The third-order valence-electron chi connectivity index (χ3n) is 2.94. The lowest BCUT2D eigenvalue weighted by molar-refractivity contribution is -0.125. The van der Waals surface area contributed by atoms with Gasteiger partial charge in [0.05, 0.1) is 5.92 Å². The largest absolute Gasteiger partial charge is 0.486 e. The maximum absolute atomic E-state index is 11.5. The second-order valence-corrected chi connectivity index (χ2v) is 4.07. The molecule has 0 saturated carbocycles. The maximum atomic E-state index is 11.5. The zero-order valence-electron chi connectivity index (χ0n) is 9.06. The third kappa shape index (κ3) is 1.73. The van der Waals surface area contributed by atoms with Gasteiger partial charge >= 0.3 is 0 Å². The highest BCUT2D eigenvalue weighted by Crippen LogP contribution is 2.35. The van der Waals surface area contributed by atoms with Gasteiger partial charge < -0.3 is 9.47 Å². The van der Waals surface area contributed by atoms with Crippen LogP contribution in [-0.2, 0) is 9.59 Å². The lowest BCUT2D eigenvalue weighted by atomic mass is 9.97. The summed E-state index contributed by atoms with van der Waals surface area (Å²) in [6, 6.07) is 5.35. The van der Waals surface area contributed by atoms with E-state index in [1.54, 1.807) is 18.2 Å². The number of fused-ring (bicyclic) bond motifs is 1. The molecule has 0 radical (unpaired) electrons. The highest BCUT2D eigenvalue weighted by Gasteiger charge is 2.32. The molecule has 1 fully saturated rings. The minimum atomic E-state index is -0.404. The zero-order valence-corrected chi connectivity index (χ0v) is 9.06. The lowest BCUT2D eigenvalue weighted by Crippen LogP contribution is -2.21. The number of carbonyl (C=O) groups is 2. The van der Waals surface area contributed by atoms with Gasteiger partial charge in [0.25, 0.3) is 0 Å². The molecule has 2 amide bonds. The first kappa shape index (κ1) is 10.1. The maximum Gasteiger partial charge on any atom is 0.234 e. The summed E-state index contributed by atoms with van der Waals surface area (Å²) < 4.78 is 10.8. The molecule has 1 atom stereocenters.